The number of carbonyl (C=O) groups excluding carboxylic acids is 1. The van der Waals surface area contributed by atoms with Gasteiger partial charge in [-0.3, -0.25) is 9.59 Å². The van der Waals surface area contributed by atoms with E-state index < -0.39 is 0 Å². The Morgan fingerprint density at radius 3 is 3.00 bits per heavy atom. The smallest absolute Gasteiger partial charge is 0.316 e. The molecular weight excluding hydrogens is 332 g/mol. The summed E-state index contributed by atoms with van der Waals surface area (Å²) in [5.74, 6) is -0.123. The Labute approximate surface area is 142 Å². The van der Waals surface area contributed by atoms with Crippen LogP contribution in [-0.2, 0) is 22.4 Å². The molecule has 0 saturated carbocycles. The van der Waals surface area contributed by atoms with Crippen molar-refractivity contribution >= 4 is 39.3 Å². The number of aryl methyl sites for hydroxylation is 2. The van der Waals surface area contributed by atoms with Gasteiger partial charge in [0.05, 0.1) is 17.2 Å². The number of thiophene rings is 1. The lowest BCUT2D eigenvalue weighted by Gasteiger charge is -2.10. The number of aromatic nitrogens is 2. The lowest BCUT2D eigenvalue weighted by Crippen LogP contribution is -2.16. The highest BCUT2D eigenvalue weighted by atomic mass is 32.2. The first kappa shape index (κ1) is 16.5. The highest BCUT2D eigenvalue weighted by Gasteiger charge is 2.20. The first-order valence-electron chi connectivity index (χ1n) is 7.95. The van der Waals surface area contributed by atoms with E-state index in [9.17, 15) is 9.59 Å². The number of ether oxygens (including phenoxy) is 1. The van der Waals surface area contributed by atoms with Gasteiger partial charge in [-0.1, -0.05) is 18.7 Å². The van der Waals surface area contributed by atoms with Crippen molar-refractivity contribution in [3.05, 3.63) is 20.8 Å². The second kappa shape index (κ2) is 7.05. The highest BCUT2D eigenvalue weighted by molar-refractivity contribution is 7.99. The number of esters is 1. The van der Waals surface area contributed by atoms with Crippen molar-refractivity contribution in [2.24, 2.45) is 0 Å². The van der Waals surface area contributed by atoms with E-state index in [0.717, 1.165) is 35.9 Å². The Balaban J connectivity index is 1.78. The number of hydrogen-bond donors (Lipinski definition) is 1. The Morgan fingerprint density at radius 1 is 1.43 bits per heavy atom. The van der Waals surface area contributed by atoms with Crippen LogP contribution in [0.15, 0.2) is 9.95 Å². The third-order valence-corrected chi connectivity index (χ3v) is 6.07. The molecule has 0 aromatic carbocycles. The summed E-state index contributed by atoms with van der Waals surface area (Å²) in [5, 5.41) is 1.23. The molecule has 0 spiro atoms. The van der Waals surface area contributed by atoms with Gasteiger partial charge in [0.1, 0.15) is 4.83 Å². The van der Waals surface area contributed by atoms with E-state index in [1.54, 1.807) is 11.3 Å². The molecule has 2 aromatic heterocycles. The van der Waals surface area contributed by atoms with Gasteiger partial charge in [0.2, 0.25) is 0 Å². The van der Waals surface area contributed by atoms with Crippen LogP contribution in [-0.4, -0.2) is 27.8 Å². The second-order valence-corrected chi connectivity index (χ2v) is 7.81. The number of H-pyrrole nitrogens is 1. The van der Waals surface area contributed by atoms with E-state index in [2.05, 4.69) is 9.97 Å². The molecular formula is C16H20N2O3S2. The largest absolute Gasteiger partial charge is 0.462 e. The zero-order chi connectivity index (χ0) is 16.4. The average molecular weight is 352 g/mol. The van der Waals surface area contributed by atoms with Crippen molar-refractivity contribution in [1.82, 2.24) is 9.97 Å². The molecule has 124 valence electrons. The Hall–Kier alpha value is -1.34. The molecule has 0 bridgehead atoms. The summed E-state index contributed by atoms with van der Waals surface area (Å²) < 4.78 is 5.23. The summed E-state index contributed by atoms with van der Waals surface area (Å²) in [6, 6.07) is 0. The quantitative estimate of drug-likeness (QED) is 0.508. The fourth-order valence-corrected chi connectivity index (χ4v) is 4.64. The van der Waals surface area contributed by atoms with Crippen LogP contribution < -0.4 is 5.56 Å². The minimum atomic E-state index is -0.280. The third-order valence-electron chi connectivity index (χ3n) is 4.04. The fraction of sp³-hybridized carbons (Fsp3) is 0.562. The summed E-state index contributed by atoms with van der Waals surface area (Å²) in [6.45, 7) is 3.83. The molecule has 0 unspecified atom stereocenters. The van der Waals surface area contributed by atoms with Gasteiger partial charge < -0.3 is 9.72 Å². The molecule has 0 aliphatic heterocycles. The molecule has 0 amide bonds. The van der Waals surface area contributed by atoms with Crippen molar-refractivity contribution in [3.8, 4) is 0 Å². The topological polar surface area (TPSA) is 72.0 Å². The Bertz CT molecular complexity index is 781. The molecule has 1 aliphatic carbocycles. The van der Waals surface area contributed by atoms with Gasteiger partial charge in [0.25, 0.3) is 5.56 Å². The number of aromatic amines is 1. The maximum atomic E-state index is 12.4. The van der Waals surface area contributed by atoms with E-state index in [1.807, 2.05) is 13.8 Å². The van der Waals surface area contributed by atoms with E-state index in [0.29, 0.717) is 5.16 Å². The molecule has 0 radical (unpaired) electrons. The van der Waals surface area contributed by atoms with Gasteiger partial charge in [-0.15, -0.1) is 11.3 Å². The van der Waals surface area contributed by atoms with Gasteiger partial charge >= 0.3 is 5.97 Å². The van der Waals surface area contributed by atoms with Crippen molar-refractivity contribution in [1.29, 1.82) is 0 Å². The van der Waals surface area contributed by atoms with Crippen LogP contribution in [0, 0.1) is 0 Å². The zero-order valence-corrected chi connectivity index (χ0v) is 14.9. The van der Waals surface area contributed by atoms with Gasteiger partial charge in [0, 0.05) is 4.88 Å². The van der Waals surface area contributed by atoms with Gasteiger partial charge in [-0.2, -0.15) is 0 Å². The number of fused-ring (bicyclic) bond motifs is 3. The normalized spacial score (nSPS) is 15.4. The second-order valence-electron chi connectivity index (χ2n) is 5.76. The van der Waals surface area contributed by atoms with Crippen LogP contribution >= 0.6 is 23.1 Å². The number of hydrogen-bond acceptors (Lipinski definition) is 6. The Morgan fingerprint density at radius 2 is 2.22 bits per heavy atom. The van der Waals surface area contributed by atoms with Crippen LogP contribution in [0.2, 0.25) is 0 Å². The SMILES string of the molecule is CC[C@H](C)OC(=O)CSc1nc2sc3c(c2c(=O)[nH]1)CCCC3. The third kappa shape index (κ3) is 3.61. The predicted molar refractivity (Wildman–Crippen MR) is 93.5 cm³/mol. The minimum absolute atomic E-state index is 0.0818. The molecule has 7 heteroatoms. The van der Waals surface area contributed by atoms with E-state index in [1.165, 1.54) is 28.6 Å². The number of nitrogens with one attached hydrogen (secondary N) is 1. The van der Waals surface area contributed by atoms with Gasteiger partial charge in [-0.05, 0) is 44.6 Å². The summed E-state index contributed by atoms with van der Waals surface area (Å²) in [7, 11) is 0. The van der Waals surface area contributed by atoms with Gasteiger partial charge in [0.15, 0.2) is 5.16 Å². The highest BCUT2D eigenvalue weighted by Crippen LogP contribution is 2.34. The maximum absolute atomic E-state index is 12.4. The van der Waals surface area contributed by atoms with Crippen LogP contribution in [0.3, 0.4) is 0 Å². The fourth-order valence-electron chi connectivity index (χ4n) is 2.68. The molecule has 1 aliphatic rings. The molecule has 0 saturated heterocycles. The zero-order valence-electron chi connectivity index (χ0n) is 13.3. The van der Waals surface area contributed by atoms with E-state index in [4.69, 9.17) is 4.74 Å². The lowest BCUT2D eigenvalue weighted by atomic mass is 9.97. The standard InChI is InChI=1S/C16H20N2O3S2/c1-3-9(2)21-12(19)8-22-16-17-14(20)13-10-6-4-5-7-11(10)23-15(13)18-16/h9H,3-8H2,1-2H3,(H,17,18,20)/t9-/m0/s1. The minimum Gasteiger partial charge on any atom is -0.462 e. The van der Waals surface area contributed by atoms with E-state index in [-0.39, 0.29) is 23.4 Å². The number of rotatable bonds is 5. The number of nitrogens with zero attached hydrogens (tertiary/aromatic N) is 1. The molecule has 2 heterocycles. The van der Waals surface area contributed by atoms with Crippen molar-refractivity contribution in [3.63, 3.8) is 0 Å². The first-order valence-corrected chi connectivity index (χ1v) is 9.75. The van der Waals surface area contributed by atoms with Crippen molar-refractivity contribution in [2.45, 2.75) is 57.2 Å². The van der Waals surface area contributed by atoms with Gasteiger partial charge in [-0.25, -0.2) is 4.98 Å². The van der Waals surface area contributed by atoms with Crippen molar-refractivity contribution in [2.75, 3.05) is 5.75 Å². The number of carbonyl (C=O) groups is 1. The average Bonchev–Trinajstić information content (AvgIpc) is 2.91. The molecule has 0 fully saturated rings. The molecule has 23 heavy (non-hydrogen) atoms. The van der Waals surface area contributed by atoms with Crippen LogP contribution in [0.4, 0.5) is 0 Å². The summed E-state index contributed by atoms with van der Waals surface area (Å²) in [4.78, 5) is 33.5. The molecule has 2 aromatic rings. The molecule has 5 nitrogen and oxygen atoms in total. The van der Waals surface area contributed by atoms with Crippen LogP contribution in [0.5, 0.6) is 0 Å². The summed E-state index contributed by atoms with van der Waals surface area (Å²) in [5.41, 5.74) is 1.09. The Kier molecular flexibility index (Phi) is 5.06. The molecule has 3 rings (SSSR count). The molecule has 1 N–H and O–H groups in total. The van der Waals surface area contributed by atoms with E-state index >= 15 is 0 Å². The lowest BCUT2D eigenvalue weighted by molar-refractivity contribution is -0.144. The summed E-state index contributed by atoms with van der Waals surface area (Å²) in [6.07, 6.45) is 5.03. The van der Waals surface area contributed by atoms with Crippen LogP contribution in [0.25, 0.3) is 10.2 Å². The maximum Gasteiger partial charge on any atom is 0.316 e. The van der Waals surface area contributed by atoms with Crippen molar-refractivity contribution < 1.29 is 9.53 Å². The first-order chi connectivity index (χ1) is 11.1. The number of thioether (sulfide) groups is 1. The monoisotopic (exact) mass is 352 g/mol. The predicted octanol–water partition coefficient (Wildman–Crippen LogP) is 3.30. The molecule has 1 atom stereocenters. The van der Waals surface area contributed by atoms with Crippen LogP contribution in [0.1, 0.15) is 43.6 Å². The summed E-state index contributed by atoms with van der Waals surface area (Å²) >= 11 is 2.84.